The summed E-state index contributed by atoms with van der Waals surface area (Å²) in [5, 5.41) is 8.51. The Hall–Kier alpha value is -0.790. The first-order valence-electron chi connectivity index (χ1n) is 8.64. The Kier molecular flexibility index (Phi) is 15.6. The molecule has 20 heavy (non-hydrogen) atoms. The van der Waals surface area contributed by atoms with Gasteiger partial charge in [-0.25, -0.2) is 0 Å². The van der Waals surface area contributed by atoms with Crippen molar-refractivity contribution in [1.29, 1.82) is 0 Å². The van der Waals surface area contributed by atoms with Crippen LogP contribution in [0.5, 0.6) is 0 Å². The standard InChI is InChI=1S/C18H34O2/c1-2-3-4-5-6-7-8-9-10-11-12-13-14-15-16-17-18(19)20/h9-10H,2-8,11-17H2,1H3,(H,19,20)/b10-9-/i18+1. The van der Waals surface area contributed by atoms with Gasteiger partial charge in [0.2, 0.25) is 0 Å². The Bertz CT molecular complexity index is 234. The number of carboxylic acid groups (broad SMARTS) is 1. The zero-order chi connectivity index (χ0) is 14.9. The third kappa shape index (κ3) is 17.2. The number of carbonyl (C=O) groups is 1. The van der Waals surface area contributed by atoms with E-state index in [0.717, 1.165) is 12.8 Å². The number of carboxylic acids is 1. The van der Waals surface area contributed by atoms with E-state index in [1.807, 2.05) is 0 Å². The molecule has 0 spiro atoms. The molecule has 0 aliphatic carbocycles. The highest BCUT2D eigenvalue weighted by molar-refractivity contribution is 5.66. The first-order valence-corrected chi connectivity index (χ1v) is 8.64. The summed E-state index contributed by atoms with van der Waals surface area (Å²) in [5.74, 6) is -0.664. The largest absolute Gasteiger partial charge is 0.481 e. The van der Waals surface area contributed by atoms with Crippen LogP contribution in [0.25, 0.3) is 0 Å². The highest BCUT2D eigenvalue weighted by Crippen LogP contribution is 2.09. The maximum absolute atomic E-state index is 10.3. The van der Waals surface area contributed by atoms with Crippen LogP contribution in [-0.4, -0.2) is 11.1 Å². The molecule has 0 aromatic heterocycles. The molecule has 2 nitrogen and oxygen atoms in total. The normalized spacial score (nSPS) is 11.2. The van der Waals surface area contributed by atoms with E-state index in [2.05, 4.69) is 19.1 Å². The van der Waals surface area contributed by atoms with Gasteiger partial charge in [-0.1, -0.05) is 70.4 Å². The molecule has 0 amide bonds. The van der Waals surface area contributed by atoms with Gasteiger partial charge in [0.05, 0.1) is 0 Å². The predicted octanol–water partition coefficient (Wildman–Crippen LogP) is 6.11. The Morgan fingerprint density at radius 3 is 1.70 bits per heavy atom. The Balaban J connectivity index is 3.07. The van der Waals surface area contributed by atoms with Crippen LogP contribution < -0.4 is 0 Å². The number of allylic oxidation sites excluding steroid dienone is 2. The third-order valence-electron chi connectivity index (χ3n) is 3.65. The number of hydrogen-bond donors (Lipinski definition) is 1. The highest BCUT2D eigenvalue weighted by Gasteiger charge is 1.95. The second kappa shape index (κ2) is 16.3. The fourth-order valence-corrected chi connectivity index (χ4v) is 2.35. The molecule has 0 aromatic rings. The van der Waals surface area contributed by atoms with E-state index >= 15 is 0 Å². The van der Waals surface area contributed by atoms with Gasteiger partial charge in [0.15, 0.2) is 0 Å². The molecule has 0 atom stereocenters. The minimum Gasteiger partial charge on any atom is -0.481 e. The average molecular weight is 283 g/mol. The Morgan fingerprint density at radius 1 is 0.750 bits per heavy atom. The summed E-state index contributed by atoms with van der Waals surface area (Å²) in [6.07, 6.45) is 21.2. The smallest absolute Gasteiger partial charge is 0.303 e. The lowest BCUT2D eigenvalue weighted by molar-refractivity contribution is -0.137. The third-order valence-corrected chi connectivity index (χ3v) is 3.65. The molecule has 0 aliphatic rings. The van der Waals surface area contributed by atoms with Crippen LogP contribution in [0, 0.1) is 0 Å². The van der Waals surface area contributed by atoms with Crippen LogP contribution in [0.15, 0.2) is 12.2 Å². The molecule has 1 N–H and O–H groups in total. The Morgan fingerprint density at radius 2 is 1.20 bits per heavy atom. The number of aliphatic carboxylic acids is 1. The second-order valence-electron chi connectivity index (χ2n) is 5.73. The Labute approximate surface area is 125 Å². The van der Waals surface area contributed by atoms with Crippen LogP contribution in [0.2, 0.25) is 0 Å². The summed E-state index contributed by atoms with van der Waals surface area (Å²) in [5.41, 5.74) is 0. The minimum absolute atomic E-state index is 0.332. The molecular formula is C18H34O2. The first-order chi connectivity index (χ1) is 9.77. The molecule has 0 unspecified atom stereocenters. The fraction of sp³-hybridized carbons (Fsp3) is 0.833. The van der Waals surface area contributed by atoms with Gasteiger partial charge in [-0.3, -0.25) is 4.79 Å². The lowest BCUT2D eigenvalue weighted by Gasteiger charge is -1.99. The van der Waals surface area contributed by atoms with Crippen molar-refractivity contribution >= 4 is 5.97 Å². The molecular weight excluding hydrogens is 249 g/mol. The van der Waals surface area contributed by atoms with Crippen LogP contribution in [0.1, 0.15) is 96.8 Å². The summed E-state index contributed by atoms with van der Waals surface area (Å²) in [6, 6.07) is 0. The lowest BCUT2D eigenvalue weighted by Crippen LogP contribution is -1.93. The summed E-state index contributed by atoms with van der Waals surface area (Å²) >= 11 is 0. The van der Waals surface area contributed by atoms with E-state index in [0.29, 0.717) is 6.42 Å². The topological polar surface area (TPSA) is 37.3 Å². The van der Waals surface area contributed by atoms with Gasteiger partial charge in [0.1, 0.15) is 0 Å². The summed E-state index contributed by atoms with van der Waals surface area (Å²) < 4.78 is 0. The van der Waals surface area contributed by atoms with Crippen molar-refractivity contribution in [2.45, 2.75) is 96.8 Å². The molecule has 0 bridgehead atoms. The highest BCUT2D eigenvalue weighted by atomic mass is 16.5. The van der Waals surface area contributed by atoms with E-state index in [1.54, 1.807) is 0 Å². The molecule has 0 radical (unpaired) electrons. The fourth-order valence-electron chi connectivity index (χ4n) is 2.35. The zero-order valence-corrected chi connectivity index (χ0v) is 13.4. The van der Waals surface area contributed by atoms with Crippen molar-refractivity contribution in [3.63, 3.8) is 0 Å². The zero-order valence-electron chi connectivity index (χ0n) is 13.4. The molecule has 0 saturated carbocycles. The van der Waals surface area contributed by atoms with Crippen LogP contribution in [0.4, 0.5) is 0 Å². The van der Waals surface area contributed by atoms with Crippen molar-refractivity contribution in [2.75, 3.05) is 0 Å². The van der Waals surface area contributed by atoms with Crippen molar-refractivity contribution in [1.82, 2.24) is 0 Å². The molecule has 0 aromatic carbocycles. The van der Waals surface area contributed by atoms with E-state index in [4.69, 9.17) is 5.11 Å². The van der Waals surface area contributed by atoms with Gasteiger partial charge >= 0.3 is 5.97 Å². The maximum atomic E-state index is 10.3. The van der Waals surface area contributed by atoms with E-state index < -0.39 is 5.97 Å². The van der Waals surface area contributed by atoms with Crippen molar-refractivity contribution in [3.05, 3.63) is 12.2 Å². The summed E-state index contributed by atoms with van der Waals surface area (Å²) in [7, 11) is 0. The van der Waals surface area contributed by atoms with Gasteiger partial charge in [0.25, 0.3) is 0 Å². The molecule has 0 fully saturated rings. The quantitative estimate of drug-likeness (QED) is 0.224. The van der Waals surface area contributed by atoms with Crippen LogP contribution >= 0.6 is 0 Å². The molecule has 0 aliphatic heterocycles. The molecule has 0 saturated heterocycles. The van der Waals surface area contributed by atoms with Gasteiger partial charge in [-0.05, 0) is 32.1 Å². The van der Waals surface area contributed by atoms with E-state index in [9.17, 15) is 4.79 Å². The van der Waals surface area contributed by atoms with Gasteiger partial charge in [-0.2, -0.15) is 0 Å². The van der Waals surface area contributed by atoms with Crippen LogP contribution in [0.3, 0.4) is 0 Å². The average Bonchev–Trinajstić information content (AvgIpc) is 2.43. The lowest BCUT2D eigenvalue weighted by atomic mass is 10.1. The van der Waals surface area contributed by atoms with Gasteiger partial charge < -0.3 is 5.11 Å². The number of hydrogen-bond acceptors (Lipinski definition) is 1. The molecule has 0 rings (SSSR count). The number of unbranched alkanes of at least 4 members (excludes halogenated alkanes) is 11. The molecule has 0 heterocycles. The minimum atomic E-state index is -0.664. The van der Waals surface area contributed by atoms with Crippen molar-refractivity contribution in [3.8, 4) is 0 Å². The SMILES string of the molecule is CCCCCCCC/C=C\CCCCCCC[13C](=O)O. The van der Waals surface area contributed by atoms with E-state index in [1.165, 1.54) is 70.6 Å². The van der Waals surface area contributed by atoms with Gasteiger partial charge in [-0.15, -0.1) is 0 Å². The van der Waals surface area contributed by atoms with Crippen molar-refractivity contribution in [2.24, 2.45) is 0 Å². The van der Waals surface area contributed by atoms with Gasteiger partial charge in [0, 0.05) is 6.42 Å². The summed E-state index contributed by atoms with van der Waals surface area (Å²) in [4.78, 5) is 10.3. The number of rotatable bonds is 15. The maximum Gasteiger partial charge on any atom is 0.303 e. The second-order valence-corrected chi connectivity index (χ2v) is 5.73. The van der Waals surface area contributed by atoms with Crippen LogP contribution in [-0.2, 0) is 4.79 Å². The first kappa shape index (κ1) is 19.2. The molecule has 2 heteroatoms. The summed E-state index contributed by atoms with van der Waals surface area (Å²) in [6.45, 7) is 2.26. The van der Waals surface area contributed by atoms with Crippen molar-refractivity contribution < 1.29 is 9.90 Å². The molecule has 118 valence electrons. The van der Waals surface area contributed by atoms with E-state index in [-0.39, 0.29) is 0 Å². The predicted molar refractivity (Wildman–Crippen MR) is 87.1 cm³/mol. The monoisotopic (exact) mass is 283 g/mol.